The van der Waals surface area contributed by atoms with Crippen molar-refractivity contribution in [2.75, 3.05) is 20.3 Å². The summed E-state index contributed by atoms with van der Waals surface area (Å²) in [5.74, 6) is -0.754. The Morgan fingerprint density at radius 2 is 2.30 bits per heavy atom. The van der Waals surface area contributed by atoms with Crippen molar-refractivity contribution in [3.63, 3.8) is 0 Å². The Hall–Kier alpha value is -2.19. The van der Waals surface area contributed by atoms with Gasteiger partial charge in [-0.05, 0) is 42.7 Å². The lowest BCUT2D eigenvalue weighted by Crippen LogP contribution is -2.26. The van der Waals surface area contributed by atoms with Crippen molar-refractivity contribution < 1.29 is 13.9 Å². The summed E-state index contributed by atoms with van der Waals surface area (Å²) < 4.78 is 18.0. The first-order valence-electron chi connectivity index (χ1n) is 6.23. The number of nitrogens with zero attached hydrogens (tertiary/aromatic N) is 1. The van der Waals surface area contributed by atoms with Crippen LogP contribution in [0.3, 0.4) is 0 Å². The molecule has 0 aliphatic heterocycles. The summed E-state index contributed by atoms with van der Waals surface area (Å²) >= 11 is 0. The van der Waals surface area contributed by atoms with Crippen molar-refractivity contribution in [2.24, 2.45) is 0 Å². The summed E-state index contributed by atoms with van der Waals surface area (Å²) in [6.07, 6.45) is 2.12. The second kappa shape index (κ2) is 8.08. The van der Waals surface area contributed by atoms with Crippen LogP contribution in [0.5, 0.6) is 0 Å². The Labute approximate surface area is 117 Å². The van der Waals surface area contributed by atoms with E-state index in [1.807, 2.05) is 6.07 Å². The Kier molecular flexibility index (Phi) is 6.41. The van der Waals surface area contributed by atoms with E-state index in [0.29, 0.717) is 30.7 Å². The number of benzene rings is 1. The second-order valence-electron chi connectivity index (χ2n) is 4.28. The third-order valence-corrected chi connectivity index (χ3v) is 2.67. The van der Waals surface area contributed by atoms with Gasteiger partial charge in [-0.15, -0.1) is 0 Å². The number of amides is 1. The zero-order valence-corrected chi connectivity index (χ0v) is 11.6. The third-order valence-electron chi connectivity index (χ3n) is 2.67. The molecule has 20 heavy (non-hydrogen) atoms. The third kappa shape index (κ3) is 4.82. The standard InChI is InChI=1S/C15H17FN2O2/c1-11-8-12(4-5-14(11)16)9-13(10-17)15(19)18-6-3-7-20-2/h4-5,8-9H,3,6-7H2,1-2H3,(H,18,19). The molecule has 1 amide bonds. The summed E-state index contributed by atoms with van der Waals surface area (Å²) in [5.41, 5.74) is 1.08. The lowest BCUT2D eigenvalue weighted by Gasteiger charge is -2.04. The highest BCUT2D eigenvalue weighted by molar-refractivity contribution is 6.01. The minimum absolute atomic E-state index is 0.00609. The summed E-state index contributed by atoms with van der Waals surface area (Å²) in [6, 6.07) is 6.28. The molecule has 0 unspecified atom stereocenters. The van der Waals surface area contributed by atoms with Crippen LogP contribution in [-0.4, -0.2) is 26.2 Å². The number of nitrogens with one attached hydrogen (secondary N) is 1. The smallest absolute Gasteiger partial charge is 0.261 e. The van der Waals surface area contributed by atoms with Crippen LogP contribution in [0.4, 0.5) is 4.39 Å². The van der Waals surface area contributed by atoms with E-state index in [1.54, 1.807) is 20.1 Å². The fourth-order valence-electron chi connectivity index (χ4n) is 1.59. The van der Waals surface area contributed by atoms with Crippen LogP contribution >= 0.6 is 0 Å². The topological polar surface area (TPSA) is 62.1 Å². The number of halogens is 1. The van der Waals surface area contributed by atoms with Gasteiger partial charge in [0.1, 0.15) is 17.5 Å². The Bertz CT molecular complexity index is 547. The van der Waals surface area contributed by atoms with Gasteiger partial charge >= 0.3 is 0 Å². The fourth-order valence-corrected chi connectivity index (χ4v) is 1.59. The first-order chi connectivity index (χ1) is 9.58. The molecule has 0 heterocycles. The first kappa shape index (κ1) is 15.9. The van der Waals surface area contributed by atoms with Gasteiger partial charge in [0.2, 0.25) is 0 Å². The minimum atomic E-state index is -0.439. The molecular weight excluding hydrogens is 259 g/mol. The molecule has 0 aromatic heterocycles. The number of ether oxygens (including phenoxy) is 1. The maximum atomic E-state index is 13.1. The van der Waals surface area contributed by atoms with E-state index in [4.69, 9.17) is 10.00 Å². The zero-order chi connectivity index (χ0) is 15.0. The van der Waals surface area contributed by atoms with Crippen molar-refractivity contribution in [3.8, 4) is 6.07 Å². The van der Waals surface area contributed by atoms with Gasteiger partial charge in [0.05, 0.1) is 0 Å². The summed E-state index contributed by atoms with van der Waals surface area (Å²) in [7, 11) is 1.58. The number of hydrogen-bond acceptors (Lipinski definition) is 3. The largest absolute Gasteiger partial charge is 0.385 e. The van der Waals surface area contributed by atoms with Crippen LogP contribution in [-0.2, 0) is 9.53 Å². The van der Waals surface area contributed by atoms with E-state index >= 15 is 0 Å². The maximum Gasteiger partial charge on any atom is 0.261 e. The molecule has 5 heteroatoms. The maximum absolute atomic E-state index is 13.1. The van der Waals surface area contributed by atoms with Crippen LogP contribution in [0.25, 0.3) is 6.08 Å². The molecule has 4 nitrogen and oxygen atoms in total. The molecule has 1 aromatic rings. The van der Waals surface area contributed by atoms with Crippen molar-refractivity contribution in [2.45, 2.75) is 13.3 Å². The molecule has 0 saturated heterocycles. The summed E-state index contributed by atoms with van der Waals surface area (Å²) in [5, 5.41) is 11.6. The molecular formula is C15H17FN2O2. The molecule has 1 rings (SSSR count). The summed E-state index contributed by atoms with van der Waals surface area (Å²) in [4.78, 5) is 11.8. The molecule has 0 bridgehead atoms. The van der Waals surface area contributed by atoms with Gasteiger partial charge in [0.15, 0.2) is 0 Å². The average molecular weight is 276 g/mol. The number of rotatable bonds is 6. The Balaban J connectivity index is 2.74. The van der Waals surface area contributed by atoms with Crippen molar-refractivity contribution >= 4 is 12.0 Å². The molecule has 0 spiro atoms. The Morgan fingerprint density at radius 3 is 2.90 bits per heavy atom. The second-order valence-corrected chi connectivity index (χ2v) is 4.28. The van der Waals surface area contributed by atoms with E-state index in [0.717, 1.165) is 0 Å². The molecule has 0 aliphatic rings. The molecule has 0 radical (unpaired) electrons. The van der Waals surface area contributed by atoms with Gasteiger partial charge < -0.3 is 10.1 Å². The first-order valence-corrected chi connectivity index (χ1v) is 6.23. The van der Waals surface area contributed by atoms with E-state index in [-0.39, 0.29) is 11.4 Å². The van der Waals surface area contributed by atoms with Crippen LogP contribution in [0, 0.1) is 24.1 Å². The number of carbonyl (C=O) groups excluding carboxylic acids is 1. The molecule has 1 N–H and O–H groups in total. The molecule has 106 valence electrons. The number of methoxy groups -OCH3 is 1. The quantitative estimate of drug-likeness (QED) is 0.492. The van der Waals surface area contributed by atoms with Gasteiger partial charge in [0.25, 0.3) is 5.91 Å². The highest BCUT2D eigenvalue weighted by atomic mass is 19.1. The molecule has 1 aromatic carbocycles. The zero-order valence-electron chi connectivity index (χ0n) is 11.6. The minimum Gasteiger partial charge on any atom is -0.385 e. The van der Waals surface area contributed by atoms with Crippen molar-refractivity contribution in [1.82, 2.24) is 5.32 Å². The summed E-state index contributed by atoms with van der Waals surface area (Å²) in [6.45, 7) is 2.61. The number of aryl methyl sites for hydroxylation is 1. The van der Waals surface area contributed by atoms with E-state index in [1.165, 1.54) is 18.2 Å². The number of hydrogen-bond donors (Lipinski definition) is 1. The van der Waals surface area contributed by atoms with Crippen LogP contribution in [0.15, 0.2) is 23.8 Å². The van der Waals surface area contributed by atoms with Gasteiger partial charge in [-0.1, -0.05) is 6.07 Å². The fraction of sp³-hybridized carbons (Fsp3) is 0.333. The lowest BCUT2D eigenvalue weighted by atomic mass is 10.1. The Morgan fingerprint density at radius 1 is 1.55 bits per heavy atom. The van der Waals surface area contributed by atoms with Gasteiger partial charge in [-0.25, -0.2) is 4.39 Å². The molecule has 0 aliphatic carbocycles. The van der Waals surface area contributed by atoms with E-state index in [9.17, 15) is 9.18 Å². The van der Waals surface area contributed by atoms with Crippen molar-refractivity contribution in [1.29, 1.82) is 5.26 Å². The van der Waals surface area contributed by atoms with Crippen LogP contribution in [0.1, 0.15) is 17.5 Å². The lowest BCUT2D eigenvalue weighted by molar-refractivity contribution is -0.117. The number of carbonyl (C=O) groups is 1. The highest BCUT2D eigenvalue weighted by Gasteiger charge is 2.08. The van der Waals surface area contributed by atoms with Gasteiger partial charge in [-0.2, -0.15) is 5.26 Å². The van der Waals surface area contributed by atoms with Crippen LogP contribution in [0.2, 0.25) is 0 Å². The van der Waals surface area contributed by atoms with Gasteiger partial charge in [-0.3, -0.25) is 4.79 Å². The molecule has 0 saturated carbocycles. The monoisotopic (exact) mass is 276 g/mol. The van der Waals surface area contributed by atoms with Crippen LogP contribution < -0.4 is 5.32 Å². The number of nitriles is 1. The van der Waals surface area contributed by atoms with Crippen molar-refractivity contribution in [3.05, 3.63) is 40.7 Å². The molecule has 0 fully saturated rings. The van der Waals surface area contributed by atoms with Gasteiger partial charge in [0, 0.05) is 20.3 Å². The van der Waals surface area contributed by atoms with E-state index < -0.39 is 5.91 Å². The van der Waals surface area contributed by atoms with E-state index in [2.05, 4.69) is 5.32 Å². The predicted molar refractivity (Wildman–Crippen MR) is 74.2 cm³/mol. The predicted octanol–water partition coefficient (Wildman–Crippen LogP) is 2.19. The molecule has 0 atom stereocenters. The average Bonchev–Trinajstić information content (AvgIpc) is 2.44. The highest BCUT2D eigenvalue weighted by Crippen LogP contribution is 2.12. The SMILES string of the molecule is COCCCNC(=O)C(C#N)=Cc1ccc(F)c(C)c1. The normalized spacial score (nSPS) is 11.0.